The third-order valence-electron chi connectivity index (χ3n) is 5.19. The van der Waals surface area contributed by atoms with Gasteiger partial charge in [-0.05, 0) is 37.8 Å². The molecule has 1 aromatic heterocycles. The molecule has 0 aliphatic heterocycles. The minimum atomic E-state index is -1.58. The van der Waals surface area contributed by atoms with Crippen LogP contribution in [0.5, 0.6) is 0 Å². The van der Waals surface area contributed by atoms with Crippen LogP contribution in [-0.2, 0) is 6.42 Å². The number of aryl methyl sites for hydroxylation is 1. The van der Waals surface area contributed by atoms with E-state index in [9.17, 15) is 18.0 Å². The number of carbonyl (C=O) groups is 1. The largest absolute Gasteiger partial charge is 0.367 e. The Balaban J connectivity index is 1.56. The molecule has 0 radical (unpaired) electrons. The predicted molar refractivity (Wildman–Crippen MR) is 109 cm³/mol. The van der Waals surface area contributed by atoms with Gasteiger partial charge in [0.15, 0.2) is 17.5 Å². The van der Waals surface area contributed by atoms with Crippen molar-refractivity contribution < 1.29 is 18.0 Å². The molecule has 9 heteroatoms. The van der Waals surface area contributed by atoms with E-state index in [2.05, 4.69) is 20.6 Å². The van der Waals surface area contributed by atoms with E-state index < -0.39 is 23.4 Å². The van der Waals surface area contributed by atoms with Crippen molar-refractivity contribution in [1.29, 1.82) is 0 Å². The van der Waals surface area contributed by atoms with Crippen LogP contribution in [0.25, 0.3) is 0 Å². The quantitative estimate of drug-likeness (QED) is 0.697. The van der Waals surface area contributed by atoms with Crippen LogP contribution >= 0.6 is 0 Å². The Morgan fingerprint density at radius 1 is 1.03 bits per heavy atom. The maximum atomic E-state index is 13.4. The second kappa shape index (κ2) is 9.32. The maximum Gasteiger partial charge on any atom is 0.251 e. The molecule has 0 spiro atoms. The van der Waals surface area contributed by atoms with Crippen LogP contribution in [0.3, 0.4) is 0 Å². The van der Waals surface area contributed by atoms with Gasteiger partial charge < -0.3 is 15.5 Å². The summed E-state index contributed by atoms with van der Waals surface area (Å²) in [4.78, 5) is 23.2. The summed E-state index contributed by atoms with van der Waals surface area (Å²) in [6.45, 7) is 2.01. The molecule has 30 heavy (non-hydrogen) atoms. The van der Waals surface area contributed by atoms with Gasteiger partial charge in [-0.25, -0.2) is 23.1 Å². The smallest absolute Gasteiger partial charge is 0.251 e. The van der Waals surface area contributed by atoms with Crippen molar-refractivity contribution in [2.24, 2.45) is 0 Å². The molecule has 162 valence electrons. The number of nitrogens with one attached hydrogen (secondary N) is 2. The van der Waals surface area contributed by atoms with Crippen LogP contribution in [0.1, 0.15) is 48.8 Å². The first-order valence-electron chi connectivity index (χ1n) is 10.0. The number of aromatic nitrogens is 2. The molecule has 0 saturated heterocycles. The van der Waals surface area contributed by atoms with Crippen LogP contribution in [0.15, 0.2) is 18.2 Å². The first-order chi connectivity index (χ1) is 14.3. The number of amides is 1. The van der Waals surface area contributed by atoms with Gasteiger partial charge in [-0.2, -0.15) is 0 Å². The van der Waals surface area contributed by atoms with E-state index in [0.29, 0.717) is 25.0 Å². The number of nitrogens with zero attached hydrogens (tertiary/aromatic N) is 3. The molecule has 0 unspecified atom stereocenters. The Kier molecular flexibility index (Phi) is 6.79. The summed E-state index contributed by atoms with van der Waals surface area (Å²) < 4.78 is 39.8. The molecular formula is C21H26F3N5O. The Morgan fingerprint density at radius 2 is 1.63 bits per heavy atom. The molecule has 1 aliphatic carbocycles. The third-order valence-corrected chi connectivity index (χ3v) is 5.19. The summed E-state index contributed by atoms with van der Waals surface area (Å²) in [5, 5.41) is 6.23. The zero-order chi connectivity index (χ0) is 21.8. The zero-order valence-corrected chi connectivity index (χ0v) is 17.3. The van der Waals surface area contributed by atoms with E-state index in [4.69, 9.17) is 0 Å². The van der Waals surface area contributed by atoms with Crippen LogP contribution in [-0.4, -0.2) is 42.1 Å². The first-order valence-corrected chi connectivity index (χ1v) is 10.0. The topological polar surface area (TPSA) is 70.2 Å². The molecule has 2 aromatic rings. The average molecular weight is 421 g/mol. The molecule has 0 atom stereocenters. The van der Waals surface area contributed by atoms with Crippen molar-refractivity contribution >= 4 is 17.5 Å². The summed E-state index contributed by atoms with van der Waals surface area (Å²) in [6, 6.07) is 3.42. The van der Waals surface area contributed by atoms with Gasteiger partial charge >= 0.3 is 0 Å². The van der Waals surface area contributed by atoms with Crippen molar-refractivity contribution in [3.05, 3.63) is 47.0 Å². The molecule has 2 N–H and O–H groups in total. The van der Waals surface area contributed by atoms with Gasteiger partial charge in [-0.1, -0.05) is 6.92 Å². The average Bonchev–Trinajstić information content (AvgIpc) is 2.72. The van der Waals surface area contributed by atoms with Crippen LogP contribution in [0, 0.1) is 17.5 Å². The molecule has 3 rings (SSSR count). The number of carbonyl (C=O) groups excluding carboxylic acids is 1. The van der Waals surface area contributed by atoms with Gasteiger partial charge in [0.25, 0.3) is 5.91 Å². The van der Waals surface area contributed by atoms with Gasteiger partial charge in [-0.3, -0.25) is 4.79 Å². The van der Waals surface area contributed by atoms with Crippen molar-refractivity contribution in [1.82, 2.24) is 15.3 Å². The van der Waals surface area contributed by atoms with Gasteiger partial charge in [0.2, 0.25) is 0 Å². The highest BCUT2D eigenvalue weighted by Crippen LogP contribution is 2.24. The highest BCUT2D eigenvalue weighted by Gasteiger charge is 2.24. The van der Waals surface area contributed by atoms with E-state index in [1.165, 1.54) is 0 Å². The standard InChI is InChI=1S/C21H26F3N5O/c1-4-17-27-18(11-19(28-17)29(2)3)25-13-5-7-14(8-6-13)26-21(30)12-9-15(22)20(24)16(23)10-12/h9-11,13-14H,4-8H2,1-3H3,(H,26,30)(H,25,27,28). The number of benzene rings is 1. The maximum absolute atomic E-state index is 13.4. The molecule has 1 fully saturated rings. The van der Waals surface area contributed by atoms with E-state index in [0.717, 1.165) is 36.7 Å². The van der Waals surface area contributed by atoms with Gasteiger partial charge in [0.1, 0.15) is 17.5 Å². The van der Waals surface area contributed by atoms with Crippen LogP contribution < -0.4 is 15.5 Å². The lowest BCUT2D eigenvalue weighted by Gasteiger charge is -2.30. The normalized spacial score (nSPS) is 18.7. The minimum Gasteiger partial charge on any atom is -0.367 e. The Labute approximate surface area is 173 Å². The summed E-state index contributed by atoms with van der Waals surface area (Å²) in [6.07, 6.45) is 3.77. The molecule has 1 saturated carbocycles. The van der Waals surface area contributed by atoms with Gasteiger partial charge in [0.05, 0.1) is 0 Å². The summed E-state index contributed by atoms with van der Waals surface area (Å²) in [5.74, 6) is -2.56. The molecule has 0 bridgehead atoms. The van der Waals surface area contributed by atoms with Gasteiger partial charge in [0, 0.05) is 44.2 Å². The minimum absolute atomic E-state index is 0.110. The Morgan fingerprint density at radius 3 is 2.20 bits per heavy atom. The second-order valence-corrected chi connectivity index (χ2v) is 7.70. The summed E-state index contributed by atoms with van der Waals surface area (Å²) in [7, 11) is 3.86. The SMILES string of the molecule is CCc1nc(NC2CCC(NC(=O)c3cc(F)c(F)c(F)c3)CC2)cc(N(C)C)n1. The van der Waals surface area contributed by atoms with Crippen molar-refractivity contribution in [3.8, 4) is 0 Å². The fourth-order valence-corrected chi connectivity index (χ4v) is 3.49. The van der Waals surface area contributed by atoms with Gasteiger partial charge in [-0.15, -0.1) is 0 Å². The predicted octanol–water partition coefficient (Wildman–Crippen LogP) is 3.68. The number of hydrogen-bond donors (Lipinski definition) is 2. The van der Waals surface area contributed by atoms with Crippen molar-refractivity contribution in [2.75, 3.05) is 24.3 Å². The lowest BCUT2D eigenvalue weighted by Crippen LogP contribution is -2.40. The van der Waals surface area contributed by atoms with Crippen molar-refractivity contribution in [2.45, 2.75) is 51.1 Å². The monoisotopic (exact) mass is 421 g/mol. The number of rotatable bonds is 6. The molecule has 1 aromatic carbocycles. The van der Waals surface area contributed by atoms with E-state index in [-0.39, 0.29) is 17.6 Å². The fourth-order valence-electron chi connectivity index (χ4n) is 3.49. The fraction of sp³-hybridized carbons (Fsp3) is 0.476. The molecular weight excluding hydrogens is 395 g/mol. The summed E-state index contributed by atoms with van der Waals surface area (Å²) >= 11 is 0. The summed E-state index contributed by atoms with van der Waals surface area (Å²) in [5.41, 5.74) is -0.226. The molecule has 1 heterocycles. The van der Waals surface area contributed by atoms with E-state index in [1.807, 2.05) is 32.0 Å². The Bertz CT molecular complexity index is 891. The number of halogens is 3. The molecule has 1 amide bonds. The lowest BCUT2D eigenvalue weighted by atomic mass is 9.91. The lowest BCUT2D eigenvalue weighted by molar-refractivity contribution is 0.0925. The highest BCUT2D eigenvalue weighted by molar-refractivity contribution is 5.94. The van der Waals surface area contributed by atoms with E-state index >= 15 is 0 Å². The molecule has 6 nitrogen and oxygen atoms in total. The first kappa shape index (κ1) is 21.9. The van der Waals surface area contributed by atoms with E-state index in [1.54, 1.807) is 0 Å². The molecule has 1 aliphatic rings. The second-order valence-electron chi connectivity index (χ2n) is 7.70. The van der Waals surface area contributed by atoms with Crippen LogP contribution in [0.2, 0.25) is 0 Å². The Hall–Kier alpha value is -2.84. The number of anilines is 2. The number of hydrogen-bond acceptors (Lipinski definition) is 5. The van der Waals surface area contributed by atoms with Crippen molar-refractivity contribution in [3.63, 3.8) is 0 Å². The van der Waals surface area contributed by atoms with Crippen LogP contribution in [0.4, 0.5) is 24.8 Å². The highest BCUT2D eigenvalue weighted by atomic mass is 19.2. The third kappa shape index (κ3) is 5.20. The zero-order valence-electron chi connectivity index (χ0n) is 17.3.